The van der Waals surface area contributed by atoms with Crippen molar-refractivity contribution in [1.82, 2.24) is 25.1 Å². The number of hydrogen-bond donors (Lipinski definition) is 2. The number of H-pyrrole nitrogens is 1. The summed E-state index contributed by atoms with van der Waals surface area (Å²) >= 11 is 0. The number of rotatable bonds is 4. The summed E-state index contributed by atoms with van der Waals surface area (Å²) in [5.41, 5.74) is 9.13. The number of likely N-dealkylation sites (N-methyl/N-ethyl adjacent to an activating group) is 1. The maximum atomic E-state index is 12.1. The van der Waals surface area contributed by atoms with Gasteiger partial charge >= 0.3 is 0 Å². The Morgan fingerprint density at radius 3 is 2.68 bits per heavy atom. The van der Waals surface area contributed by atoms with E-state index in [-0.39, 0.29) is 18.0 Å². The molecule has 0 aliphatic carbocycles. The largest absolute Gasteiger partial charge is 0.364 e. The van der Waals surface area contributed by atoms with Gasteiger partial charge in [0.15, 0.2) is 5.65 Å². The van der Waals surface area contributed by atoms with E-state index in [0.29, 0.717) is 16.7 Å². The third-order valence-corrected chi connectivity index (χ3v) is 4.14. The summed E-state index contributed by atoms with van der Waals surface area (Å²) < 4.78 is 0. The summed E-state index contributed by atoms with van der Waals surface area (Å²) in [6, 6.07) is 5.65. The number of nitrogens with one attached hydrogen (secondary N) is 1. The first-order chi connectivity index (χ1) is 11.9. The lowest BCUT2D eigenvalue weighted by Gasteiger charge is -2.14. The highest BCUT2D eigenvalue weighted by molar-refractivity contribution is 6.08. The zero-order chi connectivity index (χ0) is 18.1. The third kappa shape index (κ3) is 2.93. The van der Waals surface area contributed by atoms with E-state index in [1.807, 2.05) is 25.1 Å². The molecule has 0 aliphatic rings. The van der Waals surface area contributed by atoms with E-state index in [9.17, 15) is 9.59 Å². The zero-order valence-corrected chi connectivity index (χ0v) is 14.2. The van der Waals surface area contributed by atoms with Crippen LogP contribution in [-0.4, -0.2) is 51.0 Å². The first-order valence-corrected chi connectivity index (χ1v) is 7.68. The second-order valence-electron chi connectivity index (χ2n) is 5.94. The molecule has 25 heavy (non-hydrogen) atoms. The van der Waals surface area contributed by atoms with Crippen molar-refractivity contribution < 1.29 is 9.59 Å². The Hall–Kier alpha value is -3.29. The van der Waals surface area contributed by atoms with Crippen LogP contribution in [-0.2, 0) is 11.2 Å². The second-order valence-corrected chi connectivity index (χ2v) is 5.94. The molecule has 3 aromatic rings. The molecule has 8 nitrogen and oxygen atoms in total. The predicted molar refractivity (Wildman–Crippen MR) is 92.8 cm³/mol. The average molecular weight is 338 g/mol. The SMILES string of the molecule is Cc1c(CC(=O)N(C)C)cccc1-c1ncnc2n[nH]c(C(N)=O)c12. The number of fused-ring (bicyclic) bond motifs is 1. The number of aromatic amines is 1. The molecule has 3 N–H and O–H groups in total. The normalized spacial score (nSPS) is 10.8. The van der Waals surface area contributed by atoms with Crippen LogP contribution in [0.15, 0.2) is 24.5 Å². The van der Waals surface area contributed by atoms with Crippen LogP contribution in [0.25, 0.3) is 22.3 Å². The predicted octanol–water partition coefficient (Wildman–Crippen LogP) is 1.06. The van der Waals surface area contributed by atoms with Crippen molar-refractivity contribution in [2.45, 2.75) is 13.3 Å². The van der Waals surface area contributed by atoms with Crippen LogP contribution in [0.5, 0.6) is 0 Å². The molecule has 0 saturated carbocycles. The molecule has 0 bridgehead atoms. The van der Waals surface area contributed by atoms with Crippen molar-refractivity contribution in [3.63, 3.8) is 0 Å². The molecular formula is C17H18N6O2. The number of benzene rings is 1. The molecule has 2 aromatic heterocycles. The summed E-state index contributed by atoms with van der Waals surface area (Å²) in [4.78, 5) is 33.7. The van der Waals surface area contributed by atoms with Gasteiger partial charge in [-0.25, -0.2) is 9.97 Å². The summed E-state index contributed by atoms with van der Waals surface area (Å²) in [6.45, 7) is 1.92. The number of carbonyl (C=O) groups is 2. The summed E-state index contributed by atoms with van der Waals surface area (Å²) in [6.07, 6.45) is 1.68. The number of nitrogens with two attached hydrogens (primary N) is 1. The summed E-state index contributed by atoms with van der Waals surface area (Å²) in [5.74, 6) is -0.621. The Balaban J connectivity index is 2.18. The molecule has 0 saturated heterocycles. The molecule has 0 fully saturated rings. The maximum absolute atomic E-state index is 12.1. The molecule has 0 spiro atoms. The molecule has 0 atom stereocenters. The van der Waals surface area contributed by atoms with Crippen molar-refractivity contribution in [3.8, 4) is 11.3 Å². The van der Waals surface area contributed by atoms with E-state index in [1.54, 1.807) is 19.0 Å². The van der Waals surface area contributed by atoms with Gasteiger partial charge in [0.2, 0.25) is 5.91 Å². The summed E-state index contributed by atoms with van der Waals surface area (Å²) in [5, 5.41) is 7.11. The van der Waals surface area contributed by atoms with Crippen molar-refractivity contribution in [2.24, 2.45) is 5.73 Å². The second kappa shape index (κ2) is 6.31. The highest BCUT2D eigenvalue weighted by atomic mass is 16.2. The van der Waals surface area contributed by atoms with Gasteiger partial charge in [-0.05, 0) is 18.1 Å². The topological polar surface area (TPSA) is 118 Å². The molecule has 128 valence electrons. The number of nitrogens with zero attached hydrogens (tertiary/aromatic N) is 4. The molecule has 0 aliphatic heterocycles. The molecule has 3 rings (SSSR count). The van der Waals surface area contributed by atoms with Crippen LogP contribution in [0, 0.1) is 6.92 Å². The number of hydrogen-bond acceptors (Lipinski definition) is 5. The van der Waals surface area contributed by atoms with E-state index >= 15 is 0 Å². The number of aromatic nitrogens is 4. The standard InChI is InChI=1S/C17H18N6O2/c1-9-10(7-12(24)23(2)3)5-4-6-11(9)14-13-15(16(18)25)21-22-17(13)20-8-19-14/h4-6,8H,7H2,1-3H3,(H2,18,25)(H,19,20,21,22). The highest BCUT2D eigenvalue weighted by Crippen LogP contribution is 2.30. The van der Waals surface area contributed by atoms with E-state index in [0.717, 1.165) is 16.7 Å². The number of primary amides is 1. The van der Waals surface area contributed by atoms with Gasteiger partial charge in [0.05, 0.1) is 17.5 Å². The van der Waals surface area contributed by atoms with Crippen molar-refractivity contribution in [3.05, 3.63) is 41.3 Å². The van der Waals surface area contributed by atoms with E-state index in [2.05, 4.69) is 20.2 Å². The fourth-order valence-electron chi connectivity index (χ4n) is 2.69. The van der Waals surface area contributed by atoms with Crippen LogP contribution < -0.4 is 5.73 Å². The molecule has 0 radical (unpaired) electrons. The molecular weight excluding hydrogens is 320 g/mol. The van der Waals surface area contributed by atoms with Gasteiger partial charge in [-0.15, -0.1) is 0 Å². The monoisotopic (exact) mass is 338 g/mol. The van der Waals surface area contributed by atoms with Gasteiger partial charge in [-0.3, -0.25) is 14.7 Å². The fraction of sp³-hybridized carbons (Fsp3) is 0.235. The number of amides is 2. The molecule has 0 unspecified atom stereocenters. The molecule has 8 heteroatoms. The minimum atomic E-state index is -0.629. The van der Waals surface area contributed by atoms with Gasteiger partial charge in [0, 0.05) is 19.7 Å². The number of carbonyl (C=O) groups excluding carboxylic acids is 2. The quantitative estimate of drug-likeness (QED) is 0.737. The third-order valence-electron chi connectivity index (χ3n) is 4.14. The Kier molecular flexibility index (Phi) is 4.18. The summed E-state index contributed by atoms with van der Waals surface area (Å²) in [7, 11) is 3.44. The lowest BCUT2D eigenvalue weighted by molar-refractivity contribution is -0.127. The Morgan fingerprint density at radius 1 is 1.24 bits per heavy atom. The smallest absolute Gasteiger partial charge is 0.267 e. The fourth-order valence-corrected chi connectivity index (χ4v) is 2.69. The van der Waals surface area contributed by atoms with Crippen molar-refractivity contribution in [1.29, 1.82) is 0 Å². The first kappa shape index (κ1) is 16.6. The van der Waals surface area contributed by atoms with Crippen molar-refractivity contribution in [2.75, 3.05) is 14.1 Å². The van der Waals surface area contributed by atoms with Crippen molar-refractivity contribution >= 4 is 22.8 Å². The first-order valence-electron chi connectivity index (χ1n) is 7.68. The van der Waals surface area contributed by atoms with Crippen LogP contribution >= 0.6 is 0 Å². The van der Waals surface area contributed by atoms with Gasteiger partial charge in [0.1, 0.15) is 12.0 Å². The van der Waals surface area contributed by atoms with E-state index < -0.39 is 5.91 Å². The highest BCUT2D eigenvalue weighted by Gasteiger charge is 2.19. The average Bonchev–Trinajstić information content (AvgIpc) is 3.01. The minimum Gasteiger partial charge on any atom is -0.364 e. The minimum absolute atomic E-state index is 0.00854. The Morgan fingerprint density at radius 2 is 2.00 bits per heavy atom. The van der Waals surface area contributed by atoms with E-state index in [1.165, 1.54) is 6.33 Å². The lowest BCUT2D eigenvalue weighted by atomic mass is 9.96. The van der Waals surface area contributed by atoms with Gasteiger partial charge in [-0.1, -0.05) is 18.2 Å². The van der Waals surface area contributed by atoms with Gasteiger partial charge in [0.25, 0.3) is 5.91 Å². The van der Waals surface area contributed by atoms with Crippen LogP contribution in [0.4, 0.5) is 0 Å². The van der Waals surface area contributed by atoms with Gasteiger partial charge in [-0.2, -0.15) is 5.10 Å². The van der Waals surface area contributed by atoms with Crippen LogP contribution in [0.3, 0.4) is 0 Å². The van der Waals surface area contributed by atoms with Gasteiger partial charge < -0.3 is 10.6 Å². The maximum Gasteiger partial charge on any atom is 0.267 e. The van der Waals surface area contributed by atoms with E-state index in [4.69, 9.17) is 5.73 Å². The van der Waals surface area contributed by atoms with Crippen LogP contribution in [0.1, 0.15) is 21.6 Å². The lowest BCUT2D eigenvalue weighted by Crippen LogP contribution is -2.23. The molecule has 2 amide bonds. The molecule has 2 heterocycles. The van der Waals surface area contributed by atoms with Crippen LogP contribution in [0.2, 0.25) is 0 Å². The Bertz CT molecular complexity index is 976. The zero-order valence-electron chi connectivity index (χ0n) is 14.2. The molecule has 1 aromatic carbocycles. The Labute approximate surface area is 144 Å².